The zero-order valence-corrected chi connectivity index (χ0v) is 12.8. The van der Waals surface area contributed by atoms with Crippen molar-refractivity contribution in [2.75, 3.05) is 13.2 Å². The molecule has 1 amide bonds. The lowest BCUT2D eigenvalue weighted by molar-refractivity contribution is -0.150. The number of nitrogens with zero attached hydrogens (tertiary/aromatic N) is 1. The highest BCUT2D eigenvalue weighted by atomic mass is 35.5. The number of rotatable bonds is 4. The lowest BCUT2D eigenvalue weighted by atomic mass is 10.0. The summed E-state index contributed by atoms with van der Waals surface area (Å²) in [7, 11) is 0. The van der Waals surface area contributed by atoms with Gasteiger partial charge in [-0.15, -0.1) is 0 Å². The van der Waals surface area contributed by atoms with Crippen molar-refractivity contribution in [3.63, 3.8) is 0 Å². The maximum Gasteiger partial charge on any atom is 0.326 e. The van der Waals surface area contributed by atoms with Crippen LogP contribution in [0.15, 0.2) is 18.2 Å². The van der Waals surface area contributed by atoms with E-state index in [1.54, 1.807) is 18.2 Å². The molecule has 0 saturated carbocycles. The van der Waals surface area contributed by atoms with Gasteiger partial charge in [-0.1, -0.05) is 18.5 Å². The Kier molecular flexibility index (Phi) is 4.73. The Morgan fingerprint density at radius 2 is 2.19 bits per heavy atom. The van der Waals surface area contributed by atoms with Gasteiger partial charge in [-0.25, -0.2) is 4.79 Å². The van der Waals surface area contributed by atoms with Crippen LogP contribution in [-0.4, -0.2) is 41.1 Å². The van der Waals surface area contributed by atoms with Crippen molar-refractivity contribution in [1.29, 1.82) is 0 Å². The van der Waals surface area contributed by atoms with Gasteiger partial charge in [0.1, 0.15) is 11.8 Å². The Balaban J connectivity index is 2.00. The molecule has 1 fully saturated rings. The first kappa shape index (κ1) is 15.6. The zero-order valence-electron chi connectivity index (χ0n) is 12.0. The molecule has 0 bridgehead atoms. The summed E-state index contributed by atoms with van der Waals surface area (Å²) in [6.45, 7) is 3.97. The number of carbonyl (C=O) groups excluding carboxylic acids is 1. The van der Waals surface area contributed by atoms with Crippen LogP contribution in [0.4, 0.5) is 0 Å². The summed E-state index contributed by atoms with van der Waals surface area (Å²) in [5, 5.41) is 9.82. The molecule has 21 heavy (non-hydrogen) atoms. The number of likely N-dealkylation sites (tertiary alicyclic amines) is 1. The number of carboxylic acid groups (broad SMARTS) is 1. The summed E-state index contributed by atoms with van der Waals surface area (Å²) in [5.74, 6) is -0.729. The van der Waals surface area contributed by atoms with E-state index in [0.717, 1.165) is 5.56 Å². The van der Waals surface area contributed by atoms with E-state index in [4.69, 9.17) is 16.3 Å². The number of ether oxygens (including phenoxy) is 1. The number of aliphatic carboxylic acids is 1. The monoisotopic (exact) mass is 311 g/mol. The molecular weight excluding hydrogens is 294 g/mol. The van der Waals surface area contributed by atoms with E-state index in [-0.39, 0.29) is 18.4 Å². The van der Waals surface area contributed by atoms with E-state index < -0.39 is 12.0 Å². The summed E-state index contributed by atoms with van der Waals surface area (Å²) in [6, 6.07) is 4.38. The number of carboxylic acids is 1. The first-order valence-corrected chi connectivity index (χ1v) is 7.19. The first-order valence-electron chi connectivity index (χ1n) is 6.81. The van der Waals surface area contributed by atoms with E-state index in [1.807, 2.05) is 13.8 Å². The normalized spacial score (nSPS) is 21.4. The summed E-state index contributed by atoms with van der Waals surface area (Å²) in [5.41, 5.74) is 0.833. The van der Waals surface area contributed by atoms with Crippen molar-refractivity contribution in [3.8, 4) is 5.75 Å². The molecule has 1 N–H and O–H groups in total. The van der Waals surface area contributed by atoms with Crippen LogP contribution in [0.25, 0.3) is 0 Å². The fourth-order valence-corrected chi connectivity index (χ4v) is 2.83. The molecule has 0 radical (unpaired) electrons. The molecule has 0 aromatic heterocycles. The van der Waals surface area contributed by atoms with Crippen molar-refractivity contribution < 1.29 is 19.4 Å². The highest BCUT2D eigenvalue weighted by Gasteiger charge is 2.39. The van der Waals surface area contributed by atoms with Crippen LogP contribution < -0.4 is 4.74 Å². The average molecular weight is 312 g/mol. The van der Waals surface area contributed by atoms with Crippen LogP contribution in [0.2, 0.25) is 5.02 Å². The molecule has 1 saturated heterocycles. The topological polar surface area (TPSA) is 66.8 Å². The molecule has 1 aliphatic rings. The highest BCUT2D eigenvalue weighted by molar-refractivity contribution is 6.30. The Morgan fingerprint density at radius 3 is 2.81 bits per heavy atom. The smallest absolute Gasteiger partial charge is 0.326 e. The number of hydrogen-bond acceptors (Lipinski definition) is 3. The number of hydrogen-bond donors (Lipinski definition) is 1. The SMILES string of the molecule is Cc1cc(Cl)ccc1OCC(=O)N1CCC(C)C1C(=O)O. The van der Waals surface area contributed by atoms with Crippen molar-refractivity contribution in [3.05, 3.63) is 28.8 Å². The van der Waals surface area contributed by atoms with Gasteiger partial charge in [0.2, 0.25) is 0 Å². The van der Waals surface area contributed by atoms with Crippen molar-refractivity contribution in [2.24, 2.45) is 5.92 Å². The minimum Gasteiger partial charge on any atom is -0.483 e. The van der Waals surface area contributed by atoms with E-state index in [0.29, 0.717) is 23.7 Å². The Labute approximate surface area is 128 Å². The quantitative estimate of drug-likeness (QED) is 0.927. The molecular formula is C15H18ClNO4. The number of benzene rings is 1. The minimum atomic E-state index is -0.962. The van der Waals surface area contributed by atoms with E-state index >= 15 is 0 Å². The molecule has 2 rings (SSSR count). The van der Waals surface area contributed by atoms with Crippen LogP contribution in [0.5, 0.6) is 5.75 Å². The average Bonchev–Trinajstić information content (AvgIpc) is 2.79. The molecule has 1 aromatic carbocycles. The first-order chi connectivity index (χ1) is 9.90. The maximum absolute atomic E-state index is 12.2. The number of carbonyl (C=O) groups is 2. The van der Waals surface area contributed by atoms with Crippen LogP contribution in [0, 0.1) is 12.8 Å². The Bertz CT molecular complexity index is 561. The number of amides is 1. The molecule has 2 unspecified atom stereocenters. The second kappa shape index (κ2) is 6.35. The zero-order chi connectivity index (χ0) is 15.6. The van der Waals surface area contributed by atoms with Gasteiger partial charge in [0.25, 0.3) is 5.91 Å². The van der Waals surface area contributed by atoms with Crippen LogP contribution in [-0.2, 0) is 9.59 Å². The Morgan fingerprint density at radius 1 is 1.48 bits per heavy atom. The van der Waals surface area contributed by atoms with Crippen LogP contribution >= 0.6 is 11.6 Å². The summed E-state index contributed by atoms with van der Waals surface area (Å²) in [4.78, 5) is 24.8. The molecule has 6 heteroatoms. The standard InChI is InChI=1S/C15H18ClNO4/c1-9-5-6-17(14(9)15(19)20)13(18)8-21-12-4-3-11(16)7-10(12)2/h3-4,7,9,14H,5-6,8H2,1-2H3,(H,19,20). The van der Waals surface area contributed by atoms with Gasteiger partial charge in [0.05, 0.1) is 0 Å². The molecule has 114 valence electrons. The van der Waals surface area contributed by atoms with E-state index in [1.165, 1.54) is 4.90 Å². The predicted molar refractivity (Wildman–Crippen MR) is 78.6 cm³/mol. The van der Waals surface area contributed by atoms with Gasteiger partial charge in [-0.3, -0.25) is 4.79 Å². The molecule has 1 aliphatic heterocycles. The van der Waals surface area contributed by atoms with Gasteiger partial charge < -0.3 is 14.7 Å². The molecule has 2 atom stereocenters. The van der Waals surface area contributed by atoms with Crippen LogP contribution in [0.1, 0.15) is 18.9 Å². The van der Waals surface area contributed by atoms with E-state index in [9.17, 15) is 14.7 Å². The molecule has 1 aromatic rings. The highest BCUT2D eigenvalue weighted by Crippen LogP contribution is 2.25. The maximum atomic E-state index is 12.2. The minimum absolute atomic E-state index is 0.0382. The molecule has 0 aliphatic carbocycles. The molecule has 1 heterocycles. The third-order valence-corrected chi connectivity index (χ3v) is 4.00. The fraction of sp³-hybridized carbons (Fsp3) is 0.467. The predicted octanol–water partition coefficient (Wildman–Crippen LogP) is 2.35. The second-order valence-corrected chi connectivity index (χ2v) is 5.77. The molecule has 5 nitrogen and oxygen atoms in total. The third kappa shape index (κ3) is 3.47. The van der Waals surface area contributed by atoms with Crippen molar-refractivity contribution >= 4 is 23.5 Å². The fourth-order valence-electron chi connectivity index (χ4n) is 2.60. The largest absolute Gasteiger partial charge is 0.483 e. The van der Waals surface area contributed by atoms with Gasteiger partial charge >= 0.3 is 5.97 Å². The lowest BCUT2D eigenvalue weighted by Crippen LogP contribution is -2.44. The van der Waals surface area contributed by atoms with Gasteiger partial charge in [-0.05, 0) is 43.0 Å². The molecule has 0 spiro atoms. The van der Waals surface area contributed by atoms with Crippen molar-refractivity contribution in [2.45, 2.75) is 26.3 Å². The number of halogens is 1. The Hall–Kier alpha value is -1.75. The summed E-state index contributed by atoms with van der Waals surface area (Å²) in [6.07, 6.45) is 0.697. The van der Waals surface area contributed by atoms with Gasteiger partial charge in [-0.2, -0.15) is 0 Å². The summed E-state index contributed by atoms with van der Waals surface area (Å²) < 4.78 is 5.49. The second-order valence-electron chi connectivity index (χ2n) is 5.33. The van der Waals surface area contributed by atoms with Crippen LogP contribution in [0.3, 0.4) is 0 Å². The third-order valence-electron chi connectivity index (χ3n) is 3.76. The van der Waals surface area contributed by atoms with Gasteiger partial charge in [0, 0.05) is 11.6 Å². The number of aryl methyl sites for hydroxylation is 1. The van der Waals surface area contributed by atoms with Crippen molar-refractivity contribution in [1.82, 2.24) is 4.90 Å². The van der Waals surface area contributed by atoms with E-state index in [2.05, 4.69) is 0 Å². The lowest BCUT2D eigenvalue weighted by Gasteiger charge is -2.23. The van der Waals surface area contributed by atoms with Gasteiger partial charge in [0.15, 0.2) is 6.61 Å². The summed E-state index contributed by atoms with van der Waals surface area (Å²) >= 11 is 5.86.